The van der Waals surface area contributed by atoms with Crippen LogP contribution in [-0.2, 0) is 4.79 Å². The molecule has 2 nitrogen and oxygen atoms in total. The molecule has 0 spiro atoms. The van der Waals surface area contributed by atoms with E-state index in [2.05, 4.69) is 28.2 Å². The molecule has 0 heterocycles. The molecule has 2 bridgehead atoms. The van der Waals surface area contributed by atoms with Gasteiger partial charge in [-0.1, -0.05) is 22.4 Å². The number of carbonyl (C=O) groups is 1. The van der Waals surface area contributed by atoms with E-state index in [0.29, 0.717) is 23.8 Å². The Hall–Kier alpha value is -0.0500. The van der Waals surface area contributed by atoms with Crippen LogP contribution in [0.1, 0.15) is 39.0 Å². The van der Waals surface area contributed by atoms with Crippen molar-refractivity contribution in [2.45, 2.75) is 45.1 Å². The Kier molecular flexibility index (Phi) is 3.70. The molecule has 15 heavy (non-hydrogen) atoms. The lowest BCUT2D eigenvalue weighted by atomic mass is 9.88. The second-order valence-corrected chi connectivity index (χ2v) is 5.96. The van der Waals surface area contributed by atoms with Gasteiger partial charge in [0.15, 0.2) is 0 Å². The third-order valence-corrected chi connectivity index (χ3v) is 4.46. The summed E-state index contributed by atoms with van der Waals surface area (Å²) < 4.78 is 0. The van der Waals surface area contributed by atoms with Crippen LogP contribution < -0.4 is 5.32 Å². The highest BCUT2D eigenvalue weighted by Gasteiger charge is 2.43. The largest absolute Gasteiger partial charge is 0.353 e. The Morgan fingerprint density at radius 1 is 1.47 bits per heavy atom. The van der Waals surface area contributed by atoms with E-state index in [1.807, 2.05) is 0 Å². The molecular formula is C12H20BrNO. The smallest absolute Gasteiger partial charge is 0.223 e. The zero-order chi connectivity index (χ0) is 10.8. The molecular weight excluding hydrogens is 254 g/mol. The molecule has 0 aromatic rings. The first-order valence-corrected chi connectivity index (χ1v) is 7.19. The monoisotopic (exact) mass is 273 g/mol. The summed E-state index contributed by atoms with van der Waals surface area (Å²) in [7, 11) is 0. The summed E-state index contributed by atoms with van der Waals surface area (Å²) in [5.41, 5.74) is 0. The summed E-state index contributed by atoms with van der Waals surface area (Å²) in [6.07, 6.45) is 6.13. The summed E-state index contributed by atoms with van der Waals surface area (Å²) in [6.45, 7) is 2.09. The number of fused-ring (bicyclic) bond motifs is 2. The van der Waals surface area contributed by atoms with Crippen LogP contribution in [-0.4, -0.2) is 17.3 Å². The molecule has 3 heteroatoms. The highest BCUT2D eigenvalue weighted by molar-refractivity contribution is 9.09. The average molecular weight is 274 g/mol. The molecule has 2 saturated carbocycles. The van der Waals surface area contributed by atoms with Crippen molar-refractivity contribution in [1.29, 1.82) is 0 Å². The molecule has 4 unspecified atom stereocenters. The summed E-state index contributed by atoms with van der Waals surface area (Å²) in [5.74, 6) is 2.21. The number of amides is 1. The Labute approximate surface area is 100 Å². The van der Waals surface area contributed by atoms with Crippen molar-refractivity contribution in [2.75, 3.05) is 5.33 Å². The quantitative estimate of drug-likeness (QED) is 0.785. The van der Waals surface area contributed by atoms with E-state index in [4.69, 9.17) is 0 Å². The van der Waals surface area contributed by atoms with E-state index < -0.39 is 0 Å². The third kappa shape index (κ3) is 2.55. The average Bonchev–Trinajstić information content (AvgIpc) is 2.78. The summed E-state index contributed by atoms with van der Waals surface area (Å²) in [6, 6.07) is 0.316. The predicted molar refractivity (Wildman–Crippen MR) is 65.0 cm³/mol. The van der Waals surface area contributed by atoms with Gasteiger partial charge in [0.1, 0.15) is 0 Å². The van der Waals surface area contributed by atoms with E-state index >= 15 is 0 Å². The molecule has 2 fully saturated rings. The van der Waals surface area contributed by atoms with Gasteiger partial charge < -0.3 is 5.32 Å². The Morgan fingerprint density at radius 3 is 2.80 bits per heavy atom. The fourth-order valence-electron chi connectivity index (χ4n) is 3.15. The first-order chi connectivity index (χ1) is 7.20. The molecule has 0 aromatic carbocycles. The molecule has 2 aliphatic carbocycles. The van der Waals surface area contributed by atoms with Gasteiger partial charge in [0, 0.05) is 17.3 Å². The molecule has 0 saturated heterocycles. The number of alkyl halides is 1. The molecule has 0 aromatic heterocycles. The number of rotatable bonds is 4. The van der Waals surface area contributed by atoms with Crippen LogP contribution >= 0.6 is 15.9 Å². The van der Waals surface area contributed by atoms with Gasteiger partial charge in [-0.2, -0.15) is 0 Å². The minimum absolute atomic E-state index is 0.315. The molecule has 0 aliphatic heterocycles. The van der Waals surface area contributed by atoms with Gasteiger partial charge in [0.2, 0.25) is 5.91 Å². The van der Waals surface area contributed by atoms with Crippen molar-refractivity contribution in [3.05, 3.63) is 0 Å². The number of halogens is 1. The van der Waals surface area contributed by atoms with Gasteiger partial charge >= 0.3 is 0 Å². The summed E-state index contributed by atoms with van der Waals surface area (Å²) >= 11 is 3.40. The first-order valence-electron chi connectivity index (χ1n) is 6.07. The molecule has 2 rings (SSSR count). The molecule has 2 aliphatic rings. The fourth-order valence-corrected chi connectivity index (χ4v) is 3.84. The first kappa shape index (κ1) is 11.4. The maximum atomic E-state index is 12.0. The SMILES string of the molecule is CC(CCBr)NC(=O)C1CC2CCC1C2. The fraction of sp³-hybridized carbons (Fsp3) is 0.917. The van der Waals surface area contributed by atoms with Crippen molar-refractivity contribution >= 4 is 21.8 Å². The Balaban J connectivity index is 1.81. The van der Waals surface area contributed by atoms with Crippen LogP contribution in [0.5, 0.6) is 0 Å². The van der Waals surface area contributed by atoms with Gasteiger partial charge in [-0.25, -0.2) is 0 Å². The third-order valence-electron chi connectivity index (χ3n) is 4.01. The zero-order valence-corrected chi connectivity index (χ0v) is 10.9. The van der Waals surface area contributed by atoms with Crippen molar-refractivity contribution in [2.24, 2.45) is 17.8 Å². The van der Waals surface area contributed by atoms with Crippen LogP contribution in [0.25, 0.3) is 0 Å². The van der Waals surface area contributed by atoms with E-state index in [0.717, 1.165) is 24.1 Å². The van der Waals surface area contributed by atoms with Crippen molar-refractivity contribution in [3.8, 4) is 0 Å². The standard InChI is InChI=1S/C12H20BrNO/c1-8(4-5-13)14-12(15)11-7-9-2-3-10(11)6-9/h8-11H,2-7H2,1H3,(H,14,15). The van der Waals surface area contributed by atoms with E-state index in [1.165, 1.54) is 19.3 Å². The van der Waals surface area contributed by atoms with Crippen LogP contribution in [0.4, 0.5) is 0 Å². The van der Waals surface area contributed by atoms with E-state index in [9.17, 15) is 4.79 Å². The van der Waals surface area contributed by atoms with Gasteiger partial charge in [0.25, 0.3) is 0 Å². The molecule has 0 radical (unpaired) electrons. The Morgan fingerprint density at radius 2 is 2.27 bits per heavy atom. The van der Waals surface area contributed by atoms with Crippen LogP contribution in [0.2, 0.25) is 0 Å². The molecule has 1 N–H and O–H groups in total. The maximum Gasteiger partial charge on any atom is 0.223 e. The minimum atomic E-state index is 0.315. The zero-order valence-electron chi connectivity index (χ0n) is 9.34. The lowest BCUT2D eigenvalue weighted by Crippen LogP contribution is -2.39. The van der Waals surface area contributed by atoms with Crippen molar-refractivity contribution < 1.29 is 4.79 Å². The van der Waals surface area contributed by atoms with Gasteiger partial charge in [-0.05, 0) is 44.4 Å². The highest BCUT2D eigenvalue weighted by Crippen LogP contribution is 2.48. The topological polar surface area (TPSA) is 29.1 Å². The molecule has 86 valence electrons. The van der Waals surface area contributed by atoms with Crippen molar-refractivity contribution in [3.63, 3.8) is 0 Å². The number of hydrogen-bond acceptors (Lipinski definition) is 1. The van der Waals surface area contributed by atoms with Crippen LogP contribution in [0.15, 0.2) is 0 Å². The second kappa shape index (κ2) is 4.86. The highest BCUT2D eigenvalue weighted by atomic mass is 79.9. The van der Waals surface area contributed by atoms with Crippen molar-refractivity contribution in [1.82, 2.24) is 5.32 Å². The molecule has 1 amide bonds. The summed E-state index contributed by atoms with van der Waals surface area (Å²) in [5, 5.41) is 4.10. The van der Waals surface area contributed by atoms with E-state index in [-0.39, 0.29) is 0 Å². The maximum absolute atomic E-state index is 12.0. The van der Waals surface area contributed by atoms with Crippen LogP contribution in [0, 0.1) is 17.8 Å². The summed E-state index contributed by atoms with van der Waals surface area (Å²) in [4.78, 5) is 12.0. The number of carbonyl (C=O) groups excluding carboxylic acids is 1. The number of nitrogens with one attached hydrogen (secondary N) is 1. The van der Waals surface area contributed by atoms with Crippen LogP contribution in [0.3, 0.4) is 0 Å². The van der Waals surface area contributed by atoms with Gasteiger partial charge in [-0.15, -0.1) is 0 Å². The lowest BCUT2D eigenvalue weighted by Gasteiger charge is -2.23. The molecule has 4 atom stereocenters. The van der Waals surface area contributed by atoms with Gasteiger partial charge in [-0.3, -0.25) is 4.79 Å². The second-order valence-electron chi connectivity index (χ2n) is 5.17. The Bertz CT molecular complexity index is 244. The normalized spacial score (nSPS) is 35.5. The minimum Gasteiger partial charge on any atom is -0.353 e. The number of hydrogen-bond donors (Lipinski definition) is 1. The lowest BCUT2D eigenvalue weighted by molar-refractivity contribution is -0.127. The van der Waals surface area contributed by atoms with E-state index in [1.54, 1.807) is 0 Å². The predicted octanol–water partition coefficient (Wildman–Crippen LogP) is 2.71. The van der Waals surface area contributed by atoms with Gasteiger partial charge in [0.05, 0.1) is 0 Å².